The zero-order valence-electron chi connectivity index (χ0n) is 11.4. The number of carboxylic acid groups (broad SMARTS) is 1. The largest absolute Gasteiger partial charge is 0.477 e. The molecule has 0 radical (unpaired) electrons. The summed E-state index contributed by atoms with van der Waals surface area (Å²) in [6.45, 7) is 3.41. The minimum absolute atomic E-state index is 0.0319. The number of carboxylic acids is 1. The summed E-state index contributed by atoms with van der Waals surface area (Å²) in [4.78, 5) is 23.2. The molecule has 0 spiro atoms. The number of rotatable bonds is 4. The first-order valence-electron chi connectivity index (χ1n) is 5.98. The lowest BCUT2D eigenvalue weighted by molar-refractivity contribution is -0.119. The van der Waals surface area contributed by atoms with Crippen molar-refractivity contribution in [1.82, 2.24) is 19.6 Å². The maximum absolute atomic E-state index is 12.1. The molecule has 0 saturated carbocycles. The number of aromatic carboxylic acids is 1. The van der Waals surface area contributed by atoms with Crippen molar-refractivity contribution in [2.24, 2.45) is 7.05 Å². The summed E-state index contributed by atoms with van der Waals surface area (Å²) in [6, 6.07) is 0.609. The third-order valence-corrected chi connectivity index (χ3v) is 3.13. The first kappa shape index (κ1) is 13.8. The van der Waals surface area contributed by atoms with Crippen LogP contribution in [0.4, 0.5) is 5.69 Å². The van der Waals surface area contributed by atoms with E-state index < -0.39 is 12.0 Å². The summed E-state index contributed by atoms with van der Waals surface area (Å²) < 4.78 is 2.81. The van der Waals surface area contributed by atoms with E-state index in [1.165, 1.54) is 16.9 Å². The Morgan fingerprint density at radius 3 is 2.65 bits per heavy atom. The Bertz CT molecular complexity index is 658. The lowest BCUT2D eigenvalue weighted by Crippen LogP contribution is -2.27. The van der Waals surface area contributed by atoms with Gasteiger partial charge in [-0.1, -0.05) is 0 Å². The summed E-state index contributed by atoms with van der Waals surface area (Å²) in [5.41, 5.74) is 1.37. The van der Waals surface area contributed by atoms with Crippen LogP contribution in [0.2, 0.25) is 0 Å². The molecule has 1 atom stereocenters. The van der Waals surface area contributed by atoms with Crippen molar-refractivity contribution in [2.75, 3.05) is 5.32 Å². The molecule has 1 unspecified atom stereocenters. The van der Waals surface area contributed by atoms with E-state index in [0.717, 1.165) is 5.69 Å². The number of carbonyl (C=O) groups excluding carboxylic acids is 1. The van der Waals surface area contributed by atoms with Crippen molar-refractivity contribution in [1.29, 1.82) is 0 Å². The molecule has 0 aliphatic rings. The number of hydrogen-bond donors (Lipinski definition) is 2. The number of hydrogen-bond acceptors (Lipinski definition) is 4. The molecule has 2 aromatic rings. The van der Waals surface area contributed by atoms with Gasteiger partial charge in [0.15, 0.2) is 0 Å². The molecular formula is C12H15N5O3. The summed E-state index contributed by atoms with van der Waals surface area (Å²) in [5.74, 6) is -1.48. The van der Waals surface area contributed by atoms with Crippen molar-refractivity contribution in [2.45, 2.75) is 19.9 Å². The Hall–Kier alpha value is -2.64. The number of aromatic nitrogens is 4. The molecular weight excluding hydrogens is 262 g/mol. The van der Waals surface area contributed by atoms with Gasteiger partial charge in [-0.15, -0.1) is 0 Å². The van der Waals surface area contributed by atoms with E-state index in [0.29, 0.717) is 5.69 Å². The van der Waals surface area contributed by atoms with Crippen LogP contribution in [0, 0.1) is 6.92 Å². The van der Waals surface area contributed by atoms with Crippen LogP contribution in [0.1, 0.15) is 29.1 Å². The average molecular weight is 277 g/mol. The first-order chi connectivity index (χ1) is 9.41. The highest BCUT2D eigenvalue weighted by Gasteiger charge is 2.22. The maximum atomic E-state index is 12.1. The predicted octanol–water partition coefficient (Wildman–Crippen LogP) is 0.823. The van der Waals surface area contributed by atoms with Gasteiger partial charge in [0.05, 0.1) is 17.6 Å². The second-order valence-electron chi connectivity index (χ2n) is 4.40. The van der Waals surface area contributed by atoms with Crippen LogP contribution in [0.5, 0.6) is 0 Å². The minimum atomic E-state index is -1.13. The van der Waals surface area contributed by atoms with Crippen molar-refractivity contribution in [3.05, 3.63) is 29.8 Å². The Balaban J connectivity index is 2.19. The lowest BCUT2D eigenvalue weighted by Gasteiger charge is -2.14. The van der Waals surface area contributed by atoms with Gasteiger partial charge in [0.25, 0.3) is 0 Å². The summed E-state index contributed by atoms with van der Waals surface area (Å²) in [5, 5.41) is 19.6. The number of nitrogens with one attached hydrogen (secondary N) is 1. The third-order valence-electron chi connectivity index (χ3n) is 3.13. The van der Waals surface area contributed by atoms with Crippen LogP contribution in [0.3, 0.4) is 0 Å². The second kappa shape index (κ2) is 5.16. The molecule has 0 saturated heterocycles. The summed E-state index contributed by atoms with van der Waals surface area (Å²) >= 11 is 0. The molecule has 0 aliphatic carbocycles. The Morgan fingerprint density at radius 1 is 1.40 bits per heavy atom. The number of nitrogens with zero attached hydrogens (tertiary/aromatic N) is 4. The maximum Gasteiger partial charge on any atom is 0.354 e. The molecule has 0 fully saturated rings. The fourth-order valence-electron chi connectivity index (χ4n) is 1.76. The van der Waals surface area contributed by atoms with Gasteiger partial charge >= 0.3 is 5.97 Å². The van der Waals surface area contributed by atoms with Crippen LogP contribution in [0.15, 0.2) is 18.5 Å². The SMILES string of the molecule is Cc1c(NC(=O)C(C)n2nccc2C(=O)O)cnn1C. The molecule has 8 heteroatoms. The fourth-order valence-corrected chi connectivity index (χ4v) is 1.76. The first-order valence-corrected chi connectivity index (χ1v) is 5.98. The van der Waals surface area contributed by atoms with Crippen molar-refractivity contribution < 1.29 is 14.7 Å². The minimum Gasteiger partial charge on any atom is -0.477 e. The van der Waals surface area contributed by atoms with Gasteiger partial charge in [0.1, 0.15) is 11.7 Å². The molecule has 0 aromatic carbocycles. The van der Waals surface area contributed by atoms with E-state index >= 15 is 0 Å². The highest BCUT2D eigenvalue weighted by atomic mass is 16.4. The Labute approximate surface area is 115 Å². The summed E-state index contributed by atoms with van der Waals surface area (Å²) in [6.07, 6.45) is 2.89. The monoisotopic (exact) mass is 277 g/mol. The smallest absolute Gasteiger partial charge is 0.354 e. The van der Waals surface area contributed by atoms with E-state index in [1.807, 2.05) is 6.92 Å². The van der Waals surface area contributed by atoms with E-state index in [-0.39, 0.29) is 11.6 Å². The molecule has 0 bridgehead atoms. The zero-order chi connectivity index (χ0) is 14.9. The van der Waals surface area contributed by atoms with Gasteiger partial charge in [-0.05, 0) is 19.9 Å². The van der Waals surface area contributed by atoms with Crippen LogP contribution in [-0.4, -0.2) is 36.5 Å². The van der Waals surface area contributed by atoms with Crippen molar-refractivity contribution >= 4 is 17.6 Å². The third kappa shape index (κ3) is 2.40. The number of anilines is 1. The zero-order valence-corrected chi connectivity index (χ0v) is 11.4. The van der Waals surface area contributed by atoms with Gasteiger partial charge in [-0.25, -0.2) is 9.48 Å². The average Bonchev–Trinajstić information content (AvgIpc) is 3.00. The fraction of sp³-hybridized carbons (Fsp3) is 0.333. The lowest BCUT2D eigenvalue weighted by atomic mass is 10.3. The molecule has 2 N–H and O–H groups in total. The highest BCUT2D eigenvalue weighted by molar-refractivity contribution is 5.94. The van der Waals surface area contributed by atoms with Crippen molar-refractivity contribution in [3.8, 4) is 0 Å². The van der Waals surface area contributed by atoms with Crippen LogP contribution in [0.25, 0.3) is 0 Å². The standard InChI is InChI=1S/C12H15N5O3/c1-7-9(6-14-16(7)3)15-11(18)8(2)17-10(12(19)20)4-5-13-17/h4-6,8H,1-3H3,(H,15,18)(H,19,20). The molecule has 2 heterocycles. The molecule has 8 nitrogen and oxygen atoms in total. The van der Waals surface area contributed by atoms with Crippen LogP contribution in [-0.2, 0) is 11.8 Å². The Kier molecular flexibility index (Phi) is 3.55. The topological polar surface area (TPSA) is 102 Å². The van der Waals surface area contributed by atoms with E-state index in [2.05, 4.69) is 15.5 Å². The summed E-state index contributed by atoms with van der Waals surface area (Å²) in [7, 11) is 1.77. The molecule has 106 valence electrons. The van der Waals surface area contributed by atoms with Crippen LogP contribution < -0.4 is 5.32 Å². The van der Waals surface area contributed by atoms with E-state index in [9.17, 15) is 9.59 Å². The second-order valence-corrected chi connectivity index (χ2v) is 4.40. The van der Waals surface area contributed by atoms with Gasteiger partial charge in [0.2, 0.25) is 5.91 Å². The highest BCUT2D eigenvalue weighted by Crippen LogP contribution is 2.16. The van der Waals surface area contributed by atoms with Gasteiger partial charge in [-0.2, -0.15) is 10.2 Å². The predicted molar refractivity (Wildman–Crippen MR) is 70.5 cm³/mol. The quantitative estimate of drug-likeness (QED) is 0.861. The molecule has 2 aromatic heterocycles. The van der Waals surface area contributed by atoms with Crippen LogP contribution >= 0.6 is 0 Å². The number of aryl methyl sites for hydroxylation is 1. The van der Waals surface area contributed by atoms with E-state index in [4.69, 9.17) is 5.11 Å². The van der Waals surface area contributed by atoms with Gasteiger partial charge in [0, 0.05) is 13.2 Å². The molecule has 20 heavy (non-hydrogen) atoms. The Morgan fingerprint density at radius 2 is 2.10 bits per heavy atom. The number of carbonyl (C=O) groups is 2. The van der Waals surface area contributed by atoms with Gasteiger partial charge in [-0.3, -0.25) is 9.48 Å². The van der Waals surface area contributed by atoms with Gasteiger partial charge < -0.3 is 10.4 Å². The molecule has 0 aliphatic heterocycles. The van der Waals surface area contributed by atoms with Crippen molar-refractivity contribution in [3.63, 3.8) is 0 Å². The number of amides is 1. The molecule has 2 rings (SSSR count). The van der Waals surface area contributed by atoms with E-state index in [1.54, 1.807) is 24.9 Å². The normalized spacial score (nSPS) is 12.2. The molecule has 1 amide bonds.